The minimum atomic E-state index is -0.623. The van der Waals surface area contributed by atoms with E-state index in [0.29, 0.717) is 11.3 Å². The molecule has 0 saturated carbocycles. The van der Waals surface area contributed by atoms with Gasteiger partial charge in [0.05, 0.1) is 4.47 Å². The van der Waals surface area contributed by atoms with E-state index in [9.17, 15) is 9.18 Å². The van der Waals surface area contributed by atoms with Crippen LogP contribution in [-0.2, 0) is 0 Å². The van der Waals surface area contributed by atoms with Gasteiger partial charge in [-0.1, -0.05) is 0 Å². The van der Waals surface area contributed by atoms with E-state index in [1.54, 1.807) is 13.0 Å². The molecule has 1 amide bonds. The Morgan fingerprint density at radius 2 is 2.16 bits per heavy atom. The van der Waals surface area contributed by atoms with Crippen LogP contribution >= 0.6 is 15.9 Å². The van der Waals surface area contributed by atoms with E-state index in [4.69, 9.17) is 10.5 Å². The molecule has 0 fully saturated rings. The van der Waals surface area contributed by atoms with Gasteiger partial charge in [-0.3, -0.25) is 4.79 Å². The maximum atomic E-state index is 13.1. The Hall–Kier alpha value is -1.95. The first-order valence-electron chi connectivity index (χ1n) is 5.37. The second-order valence-electron chi connectivity index (χ2n) is 3.85. The van der Waals surface area contributed by atoms with Gasteiger partial charge in [0.15, 0.2) is 0 Å². The van der Waals surface area contributed by atoms with Crippen molar-refractivity contribution in [2.75, 3.05) is 0 Å². The molecule has 4 nitrogen and oxygen atoms in total. The van der Waals surface area contributed by atoms with Crippen LogP contribution in [0.1, 0.15) is 15.9 Å². The maximum Gasteiger partial charge on any atom is 0.254 e. The Bertz CT molecular complexity index is 647. The molecule has 0 bridgehead atoms. The number of halogens is 2. The number of hydrogen-bond donors (Lipinski definition) is 1. The molecule has 6 heteroatoms. The van der Waals surface area contributed by atoms with Crippen molar-refractivity contribution in [2.45, 2.75) is 6.92 Å². The van der Waals surface area contributed by atoms with Crippen LogP contribution in [0.2, 0.25) is 0 Å². The molecule has 0 saturated heterocycles. The summed E-state index contributed by atoms with van der Waals surface area (Å²) in [5.74, 6) is -0.568. The Morgan fingerprint density at radius 1 is 1.42 bits per heavy atom. The molecule has 19 heavy (non-hydrogen) atoms. The van der Waals surface area contributed by atoms with Gasteiger partial charge in [-0.15, -0.1) is 0 Å². The Labute approximate surface area is 117 Å². The molecule has 0 aliphatic carbocycles. The van der Waals surface area contributed by atoms with Crippen molar-refractivity contribution in [1.82, 2.24) is 4.98 Å². The number of aromatic nitrogens is 1. The fraction of sp³-hybridized carbons (Fsp3) is 0.0769. The molecule has 1 aromatic carbocycles. The molecule has 0 aliphatic heterocycles. The minimum Gasteiger partial charge on any atom is -0.438 e. The average Bonchev–Trinajstić information content (AvgIpc) is 2.33. The van der Waals surface area contributed by atoms with E-state index < -0.39 is 11.7 Å². The number of amides is 1. The molecule has 98 valence electrons. The fourth-order valence-corrected chi connectivity index (χ4v) is 1.92. The maximum absolute atomic E-state index is 13.1. The molecule has 0 spiro atoms. The molecule has 0 atom stereocenters. The SMILES string of the molecule is Cc1ccnc(Oc2ccc(F)c(Br)c2)c1C(N)=O. The first-order valence-corrected chi connectivity index (χ1v) is 6.16. The van der Waals surface area contributed by atoms with E-state index in [-0.39, 0.29) is 15.9 Å². The summed E-state index contributed by atoms with van der Waals surface area (Å²) in [6, 6.07) is 5.80. The summed E-state index contributed by atoms with van der Waals surface area (Å²) >= 11 is 3.05. The zero-order valence-corrected chi connectivity index (χ0v) is 11.6. The predicted molar refractivity (Wildman–Crippen MR) is 71.7 cm³/mol. The van der Waals surface area contributed by atoms with Crippen LogP contribution in [0.3, 0.4) is 0 Å². The summed E-state index contributed by atoms with van der Waals surface area (Å²) in [6.07, 6.45) is 1.51. The Kier molecular flexibility index (Phi) is 3.80. The summed E-state index contributed by atoms with van der Waals surface area (Å²) < 4.78 is 18.9. The largest absolute Gasteiger partial charge is 0.438 e. The standard InChI is InChI=1S/C13H10BrFN2O2/c1-7-4-5-17-13(11(7)12(16)18)19-8-2-3-10(15)9(14)6-8/h2-6H,1H3,(H2,16,18). The van der Waals surface area contributed by atoms with E-state index in [2.05, 4.69) is 20.9 Å². The van der Waals surface area contributed by atoms with Crippen LogP contribution in [0.5, 0.6) is 11.6 Å². The summed E-state index contributed by atoms with van der Waals surface area (Å²) in [5.41, 5.74) is 6.17. The van der Waals surface area contributed by atoms with Gasteiger partial charge < -0.3 is 10.5 Å². The van der Waals surface area contributed by atoms with Gasteiger partial charge in [0.1, 0.15) is 17.1 Å². The number of primary amides is 1. The van der Waals surface area contributed by atoms with Crippen LogP contribution in [0.4, 0.5) is 4.39 Å². The van der Waals surface area contributed by atoms with Crippen LogP contribution < -0.4 is 10.5 Å². The number of benzene rings is 1. The highest BCUT2D eigenvalue weighted by Crippen LogP contribution is 2.28. The zero-order valence-electron chi connectivity index (χ0n) is 9.98. The highest BCUT2D eigenvalue weighted by molar-refractivity contribution is 9.10. The summed E-state index contributed by atoms with van der Waals surface area (Å²) in [4.78, 5) is 15.4. The zero-order chi connectivity index (χ0) is 14.0. The summed E-state index contributed by atoms with van der Waals surface area (Å²) in [5, 5.41) is 0. The minimum absolute atomic E-state index is 0.103. The third kappa shape index (κ3) is 2.90. The van der Waals surface area contributed by atoms with Crippen LogP contribution in [-0.4, -0.2) is 10.9 Å². The van der Waals surface area contributed by atoms with Gasteiger partial charge in [-0.05, 0) is 52.7 Å². The number of hydrogen-bond acceptors (Lipinski definition) is 3. The first kappa shape index (κ1) is 13.5. The lowest BCUT2D eigenvalue weighted by Crippen LogP contribution is -2.14. The van der Waals surface area contributed by atoms with Crippen molar-refractivity contribution >= 4 is 21.8 Å². The molecule has 2 rings (SSSR count). The monoisotopic (exact) mass is 324 g/mol. The highest BCUT2D eigenvalue weighted by atomic mass is 79.9. The molecule has 2 N–H and O–H groups in total. The smallest absolute Gasteiger partial charge is 0.254 e. The lowest BCUT2D eigenvalue weighted by atomic mass is 10.1. The first-order chi connectivity index (χ1) is 8.99. The fourth-order valence-electron chi connectivity index (χ4n) is 1.56. The third-order valence-electron chi connectivity index (χ3n) is 2.48. The van der Waals surface area contributed by atoms with E-state index in [1.165, 1.54) is 24.4 Å². The number of carbonyl (C=O) groups excluding carboxylic acids is 1. The predicted octanol–water partition coefficient (Wildman–Crippen LogP) is 3.18. The number of aryl methyl sites for hydroxylation is 1. The summed E-state index contributed by atoms with van der Waals surface area (Å²) in [7, 11) is 0. The quantitative estimate of drug-likeness (QED) is 0.942. The summed E-state index contributed by atoms with van der Waals surface area (Å²) in [6.45, 7) is 1.73. The number of rotatable bonds is 3. The van der Waals surface area contributed by atoms with Crippen LogP contribution in [0.25, 0.3) is 0 Å². The second-order valence-corrected chi connectivity index (χ2v) is 4.70. The van der Waals surface area contributed by atoms with Crippen LogP contribution in [0.15, 0.2) is 34.9 Å². The van der Waals surface area contributed by atoms with Gasteiger partial charge >= 0.3 is 0 Å². The molecule has 1 aromatic heterocycles. The number of carbonyl (C=O) groups is 1. The molecule has 0 unspecified atom stereocenters. The molecular formula is C13H10BrFN2O2. The Balaban J connectivity index is 2.40. The van der Waals surface area contributed by atoms with Gasteiger partial charge in [-0.2, -0.15) is 0 Å². The van der Waals surface area contributed by atoms with Crippen molar-refractivity contribution < 1.29 is 13.9 Å². The van der Waals surface area contributed by atoms with Gasteiger partial charge in [0.25, 0.3) is 5.91 Å². The lowest BCUT2D eigenvalue weighted by molar-refractivity contribution is 0.0997. The number of nitrogens with two attached hydrogens (primary N) is 1. The highest BCUT2D eigenvalue weighted by Gasteiger charge is 2.15. The average molecular weight is 325 g/mol. The van der Waals surface area contributed by atoms with E-state index >= 15 is 0 Å². The lowest BCUT2D eigenvalue weighted by Gasteiger charge is -2.10. The van der Waals surface area contributed by atoms with Crippen molar-refractivity contribution in [2.24, 2.45) is 5.73 Å². The number of ether oxygens (including phenoxy) is 1. The molecule has 1 heterocycles. The molecule has 2 aromatic rings. The number of nitrogens with zero attached hydrogens (tertiary/aromatic N) is 1. The van der Waals surface area contributed by atoms with Gasteiger partial charge in [-0.25, -0.2) is 9.37 Å². The van der Waals surface area contributed by atoms with Crippen molar-refractivity contribution in [3.63, 3.8) is 0 Å². The van der Waals surface area contributed by atoms with Gasteiger partial charge in [0.2, 0.25) is 5.88 Å². The molecule has 0 radical (unpaired) electrons. The van der Waals surface area contributed by atoms with E-state index in [0.717, 1.165) is 0 Å². The second kappa shape index (κ2) is 5.36. The molecular weight excluding hydrogens is 315 g/mol. The Morgan fingerprint density at radius 3 is 2.79 bits per heavy atom. The van der Waals surface area contributed by atoms with Crippen LogP contribution in [0, 0.1) is 12.7 Å². The topological polar surface area (TPSA) is 65.2 Å². The third-order valence-corrected chi connectivity index (χ3v) is 3.08. The van der Waals surface area contributed by atoms with E-state index in [1.807, 2.05) is 0 Å². The number of pyridine rings is 1. The normalized spacial score (nSPS) is 10.3. The van der Waals surface area contributed by atoms with Crippen molar-refractivity contribution in [3.05, 3.63) is 51.9 Å². The van der Waals surface area contributed by atoms with Crippen molar-refractivity contribution in [1.29, 1.82) is 0 Å². The van der Waals surface area contributed by atoms with Crippen molar-refractivity contribution in [3.8, 4) is 11.6 Å². The molecule has 0 aliphatic rings. The van der Waals surface area contributed by atoms with Gasteiger partial charge in [0, 0.05) is 6.20 Å².